The fourth-order valence-electron chi connectivity index (χ4n) is 2.66. The Morgan fingerprint density at radius 3 is 2.63 bits per heavy atom. The molecule has 0 aromatic heterocycles. The number of hydrogen-bond donors (Lipinski definition) is 1. The van der Waals surface area contributed by atoms with Gasteiger partial charge < -0.3 is 10.1 Å². The van der Waals surface area contributed by atoms with Crippen LogP contribution in [0.5, 0.6) is 5.75 Å². The smallest absolute Gasteiger partial charge is 0.294 e. The number of benzene rings is 2. The molecule has 2 aromatic carbocycles. The van der Waals surface area contributed by atoms with E-state index in [-0.39, 0.29) is 10.6 Å². The third-order valence-corrected chi connectivity index (χ3v) is 4.91. The van der Waals surface area contributed by atoms with Gasteiger partial charge in [0.15, 0.2) is 0 Å². The molecule has 1 aliphatic heterocycles. The Kier molecular flexibility index (Phi) is 6.48. The average Bonchev–Trinajstić information content (AvgIpc) is 2.97. The Labute approximate surface area is 175 Å². The van der Waals surface area contributed by atoms with Gasteiger partial charge in [0.25, 0.3) is 16.8 Å². The van der Waals surface area contributed by atoms with Crippen molar-refractivity contribution in [2.24, 2.45) is 0 Å². The molecule has 30 heavy (non-hydrogen) atoms. The monoisotopic (exact) mass is 427 g/mol. The molecule has 1 fully saturated rings. The summed E-state index contributed by atoms with van der Waals surface area (Å²) < 4.78 is 5.33. The SMILES string of the molecule is CCOc1ccc(NC(=O)CN2C(=O)S/C(=C\c3cccc([N+](=O)[O-])c3)C2=O)cc1. The summed E-state index contributed by atoms with van der Waals surface area (Å²) in [5, 5.41) is 12.9. The molecule has 0 unspecified atom stereocenters. The first kappa shape index (κ1) is 21.1. The second-order valence-electron chi connectivity index (χ2n) is 6.13. The number of nitrogens with zero attached hydrogens (tertiary/aromatic N) is 2. The van der Waals surface area contributed by atoms with Crippen LogP contribution in [0.15, 0.2) is 53.4 Å². The van der Waals surface area contributed by atoms with E-state index in [0.29, 0.717) is 35.4 Å². The van der Waals surface area contributed by atoms with Crippen molar-refractivity contribution in [3.63, 3.8) is 0 Å². The number of imide groups is 1. The maximum absolute atomic E-state index is 12.5. The molecule has 0 atom stereocenters. The normalized spacial score (nSPS) is 14.8. The highest BCUT2D eigenvalue weighted by atomic mass is 32.2. The maximum Gasteiger partial charge on any atom is 0.294 e. The highest BCUT2D eigenvalue weighted by Crippen LogP contribution is 2.32. The van der Waals surface area contributed by atoms with Gasteiger partial charge in [0.2, 0.25) is 5.91 Å². The Hall–Kier alpha value is -3.66. The fraction of sp³-hybridized carbons (Fsp3) is 0.150. The van der Waals surface area contributed by atoms with Gasteiger partial charge in [0.05, 0.1) is 16.4 Å². The molecular weight excluding hydrogens is 410 g/mol. The molecular formula is C20H17N3O6S. The molecule has 3 rings (SSSR count). The first-order valence-corrected chi connectivity index (χ1v) is 9.71. The van der Waals surface area contributed by atoms with Gasteiger partial charge in [-0.1, -0.05) is 12.1 Å². The first-order chi connectivity index (χ1) is 14.4. The lowest BCUT2D eigenvalue weighted by atomic mass is 10.2. The summed E-state index contributed by atoms with van der Waals surface area (Å²) in [6.45, 7) is 1.94. The van der Waals surface area contributed by atoms with E-state index in [1.807, 2.05) is 6.92 Å². The van der Waals surface area contributed by atoms with Gasteiger partial charge in [-0.25, -0.2) is 0 Å². The number of non-ortho nitro benzene ring substituents is 1. The lowest BCUT2D eigenvalue weighted by Crippen LogP contribution is -2.36. The van der Waals surface area contributed by atoms with Crippen LogP contribution in [0.1, 0.15) is 12.5 Å². The zero-order valence-corrected chi connectivity index (χ0v) is 16.7. The maximum atomic E-state index is 12.5. The largest absolute Gasteiger partial charge is 0.494 e. The summed E-state index contributed by atoms with van der Waals surface area (Å²) in [6.07, 6.45) is 1.39. The van der Waals surface area contributed by atoms with Crippen LogP contribution >= 0.6 is 11.8 Å². The van der Waals surface area contributed by atoms with Crippen LogP contribution in [-0.2, 0) is 9.59 Å². The number of nitro groups is 1. The van der Waals surface area contributed by atoms with Gasteiger partial charge in [0.1, 0.15) is 12.3 Å². The molecule has 0 aliphatic carbocycles. The number of nitrogens with one attached hydrogen (secondary N) is 1. The Bertz CT molecular complexity index is 1040. The van der Waals surface area contributed by atoms with E-state index in [1.54, 1.807) is 30.3 Å². The molecule has 1 heterocycles. The summed E-state index contributed by atoms with van der Waals surface area (Å²) in [5.41, 5.74) is 0.786. The van der Waals surface area contributed by atoms with Gasteiger partial charge in [-0.15, -0.1) is 0 Å². The summed E-state index contributed by atoms with van der Waals surface area (Å²) in [7, 11) is 0. The van der Waals surface area contributed by atoms with Crippen LogP contribution in [0, 0.1) is 10.1 Å². The molecule has 1 N–H and O–H groups in total. The van der Waals surface area contributed by atoms with Crippen molar-refractivity contribution in [2.45, 2.75) is 6.92 Å². The second kappa shape index (κ2) is 9.23. The highest BCUT2D eigenvalue weighted by Gasteiger charge is 2.36. The average molecular weight is 427 g/mol. The minimum Gasteiger partial charge on any atom is -0.494 e. The van der Waals surface area contributed by atoms with Crippen molar-refractivity contribution in [1.29, 1.82) is 0 Å². The van der Waals surface area contributed by atoms with E-state index in [9.17, 15) is 24.5 Å². The summed E-state index contributed by atoms with van der Waals surface area (Å²) in [4.78, 5) is 48.2. The van der Waals surface area contributed by atoms with Gasteiger partial charge in [-0.05, 0) is 54.6 Å². The van der Waals surface area contributed by atoms with E-state index >= 15 is 0 Å². The Balaban J connectivity index is 1.66. The van der Waals surface area contributed by atoms with Crippen LogP contribution in [0.25, 0.3) is 6.08 Å². The molecule has 0 bridgehead atoms. The zero-order valence-electron chi connectivity index (χ0n) is 15.9. The number of amides is 3. The minimum atomic E-state index is -0.627. The third kappa shape index (κ3) is 5.03. The number of nitro benzene ring substituents is 1. The Morgan fingerprint density at radius 2 is 1.97 bits per heavy atom. The van der Waals surface area contributed by atoms with Crippen molar-refractivity contribution in [2.75, 3.05) is 18.5 Å². The predicted octanol–water partition coefficient (Wildman–Crippen LogP) is 3.67. The van der Waals surface area contributed by atoms with E-state index in [4.69, 9.17) is 4.74 Å². The molecule has 154 valence electrons. The number of rotatable bonds is 7. The van der Waals surface area contributed by atoms with Gasteiger partial charge in [0, 0.05) is 17.8 Å². The van der Waals surface area contributed by atoms with Crippen molar-refractivity contribution >= 4 is 46.3 Å². The highest BCUT2D eigenvalue weighted by molar-refractivity contribution is 8.18. The molecule has 3 amide bonds. The molecule has 10 heteroatoms. The van der Waals surface area contributed by atoms with Crippen molar-refractivity contribution in [3.8, 4) is 5.75 Å². The molecule has 0 radical (unpaired) electrons. The first-order valence-electron chi connectivity index (χ1n) is 8.90. The zero-order chi connectivity index (χ0) is 21.7. The molecule has 9 nitrogen and oxygen atoms in total. The number of anilines is 1. The second-order valence-corrected chi connectivity index (χ2v) is 7.12. The Morgan fingerprint density at radius 1 is 1.23 bits per heavy atom. The molecule has 0 spiro atoms. The van der Waals surface area contributed by atoms with Crippen molar-refractivity contribution in [3.05, 3.63) is 69.1 Å². The van der Waals surface area contributed by atoms with Crippen LogP contribution in [0.4, 0.5) is 16.2 Å². The van der Waals surface area contributed by atoms with Crippen LogP contribution < -0.4 is 10.1 Å². The van der Waals surface area contributed by atoms with Crippen LogP contribution in [0.3, 0.4) is 0 Å². The standard InChI is InChI=1S/C20H17N3O6S/c1-2-29-16-8-6-14(7-9-16)21-18(24)12-22-19(25)17(30-20(22)26)11-13-4-3-5-15(10-13)23(27)28/h3-11H,2,12H2,1H3,(H,21,24)/b17-11-. The van der Waals surface area contributed by atoms with E-state index < -0.39 is 28.5 Å². The van der Waals surface area contributed by atoms with E-state index in [0.717, 1.165) is 4.90 Å². The van der Waals surface area contributed by atoms with E-state index in [1.165, 1.54) is 24.3 Å². The number of carbonyl (C=O) groups is 3. The van der Waals surface area contributed by atoms with Gasteiger partial charge in [-0.2, -0.15) is 0 Å². The van der Waals surface area contributed by atoms with Gasteiger partial charge in [-0.3, -0.25) is 29.4 Å². The minimum absolute atomic E-state index is 0.0920. The van der Waals surface area contributed by atoms with Crippen molar-refractivity contribution in [1.82, 2.24) is 4.90 Å². The topological polar surface area (TPSA) is 119 Å². The van der Waals surface area contributed by atoms with Crippen LogP contribution in [-0.4, -0.2) is 40.0 Å². The third-order valence-electron chi connectivity index (χ3n) is 4.00. The molecule has 1 saturated heterocycles. The molecule has 0 saturated carbocycles. The van der Waals surface area contributed by atoms with Crippen molar-refractivity contribution < 1.29 is 24.0 Å². The quantitative estimate of drug-likeness (QED) is 0.407. The van der Waals surface area contributed by atoms with Crippen LogP contribution in [0.2, 0.25) is 0 Å². The number of hydrogen-bond acceptors (Lipinski definition) is 7. The molecule has 2 aromatic rings. The van der Waals surface area contributed by atoms with Gasteiger partial charge >= 0.3 is 0 Å². The summed E-state index contributed by atoms with van der Waals surface area (Å²) >= 11 is 0.679. The predicted molar refractivity (Wildman–Crippen MR) is 112 cm³/mol. The fourth-order valence-corrected chi connectivity index (χ4v) is 3.50. The summed E-state index contributed by atoms with van der Waals surface area (Å²) in [5.74, 6) is -0.496. The molecule has 1 aliphatic rings. The lowest BCUT2D eigenvalue weighted by molar-refractivity contribution is -0.384. The number of carbonyl (C=O) groups excluding carboxylic acids is 3. The summed E-state index contributed by atoms with van der Waals surface area (Å²) in [6, 6.07) is 12.4. The number of thioether (sulfide) groups is 1. The number of ether oxygens (including phenoxy) is 1. The van der Waals surface area contributed by atoms with E-state index in [2.05, 4.69) is 5.32 Å². The lowest BCUT2D eigenvalue weighted by Gasteiger charge is -2.12.